The first-order valence-electron chi connectivity index (χ1n) is 12.7. The van der Waals surface area contributed by atoms with Crippen molar-refractivity contribution >= 4 is 57.3 Å². The van der Waals surface area contributed by atoms with Gasteiger partial charge in [-0.15, -0.1) is 0 Å². The maximum Gasteiger partial charge on any atom is 0.344 e. The second-order valence-corrected chi connectivity index (χ2v) is 10.5. The topological polar surface area (TPSA) is 91.4 Å². The maximum atomic E-state index is 13.2. The zero-order valence-corrected chi connectivity index (χ0v) is 23.3. The zero-order valence-electron chi connectivity index (χ0n) is 21.7. The smallest absolute Gasteiger partial charge is 0.344 e. The molecule has 2 amide bonds. The molecule has 0 spiro atoms. The number of carbonyl (C=O) groups is 3. The van der Waals surface area contributed by atoms with Crippen molar-refractivity contribution in [1.29, 1.82) is 0 Å². The number of fused-ring (bicyclic) bond motifs is 2. The van der Waals surface area contributed by atoms with E-state index in [1.54, 1.807) is 48.5 Å². The summed E-state index contributed by atoms with van der Waals surface area (Å²) < 4.78 is 22.2. The van der Waals surface area contributed by atoms with Crippen molar-refractivity contribution in [3.05, 3.63) is 99.4 Å². The van der Waals surface area contributed by atoms with Crippen molar-refractivity contribution in [3.63, 3.8) is 0 Å². The molecule has 2 aliphatic heterocycles. The Morgan fingerprint density at radius 3 is 2.61 bits per heavy atom. The third kappa shape index (κ3) is 5.33. The minimum absolute atomic E-state index is 0.00919. The van der Waals surface area contributed by atoms with Gasteiger partial charge in [-0.2, -0.15) is 0 Å². The quantitative estimate of drug-likeness (QED) is 0.129. The zero-order chi connectivity index (χ0) is 28.5. The van der Waals surface area contributed by atoms with E-state index in [0.29, 0.717) is 45.6 Å². The molecule has 0 radical (unpaired) electrons. The Balaban J connectivity index is 1.22. The summed E-state index contributed by atoms with van der Waals surface area (Å²) in [4.78, 5) is 40.4. The van der Waals surface area contributed by atoms with Crippen molar-refractivity contribution in [2.75, 3.05) is 13.4 Å². The highest BCUT2D eigenvalue weighted by Gasteiger charge is 2.36. The molecular formula is C31H22ClNO7S. The van der Waals surface area contributed by atoms with Gasteiger partial charge in [0, 0.05) is 11.1 Å². The monoisotopic (exact) mass is 587 g/mol. The first-order valence-corrected chi connectivity index (χ1v) is 13.9. The van der Waals surface area contributed by atoms with Gasteiger partial charge in [0.1, 0.15) is 0 Å². The van der Waals surface area contributed by atoms with Crippen LogP contribution in [0.5, 0.6) is 23.0 Å². The molecule has 8 nitrogen and oxygen atoms in total. The average molecular weight is 588 g/mol. The fourth-order valence-electron chi connectivity index (χ4n) is 4.56. The van der Waals surface area contributed by atoms with Crippen molar-refractivity contribution in [1.82, 2.24) is 4.90 Å². The van der Waals surface area contributed by atoms with Gasteiger partial charge >= 0.3 is 5.97 Å². The number of nitrogens with zero attached hydrogens (tertiary/aromatic N) is 1. The van der Waals surface area contributed by atoms with Crippen LogP contribution in [0.1, 0.15) is 28.4 Å². The molecule has 0 saturated carbocycles. The van der Waals surface area contributed by atoms with E-state index in [1.807, 2.05) is 37.3 Å². The van der Waals surface area contributed by atoms with Crippen LogP contribution in [0, 0.1) is 0 Å². The molecule has 1 fully saturated rings. The first-order chi connectivity index (χ1) is 19.9. The molecule has 4 aromatic rings. The lowest BCUT2D eigenvalue weighted by Crippen LogP contribution is -2.27. The van der Waals surface area contributed by atoms with E-state index in [9.17, 15) is 14.4 Å². The fraction of sp³-hybridized carbons (Fsp3) is 0.129. The van der Waals surface area contributed by atoms with Gasteiger partial charge in [0.15, 0.2) is 23.0 Å². The highest BCUT2D eigenvalue weighted by atomic mass is 35.5. The first kappa shape index (κ1) is 26.7. The molecule has 0 bridgehead atoms. The molecule has 1 saturated heterocycles. The van der Waals surface area contributed by atoms with E-state index >= 15 is 0 Å². The molecule has 0 unspecified atom stereocenters. The van der Waals surface area contributed by atoms with E-state index in [1.165, 1.54) is 0 Å². The van der Waals surface area contributed by atoms with Crippen molar-refractivity contribution in [2.45, 2.75) is 13.5 Å². The standard InChI is InChI=1S/C31H22ClNO7S/c1-2-37-25-12-18(10-11-24(25)40-30(35)22-9-5-7-19-6-3-4-8-21(19)22)13-28-29(34)33(31(36)41-28)16-20-14-26-27(15-23(20)32)39-17-38-26/h3-15H,2,16-17H2,1H3/b28-13-. The van der Waals surface area contributed by atoms with Crippen LogP contribution in [0.2, 0.25) is 5.02 Å². The van der Waals surface area contributed by atoms with Crippen LogP contribution < -0.4 is 18.9 Å². The van der Waals surface area contributed by atoms with E-state index in [0.717, 1.165) is 27.4 Å². The number of benzene rings is 4. The molecule has 0 aliphatic carbocycles. The molecule has 0 aromatic heterocycles. The highest BCUT2D eigenvalue weighted by molar-refractivity contribution is 8.18. The van der Waals surface area contributed by atoms with Gasteiger partial charge in [-0.25, -0.2) is 4.79 Å². The van der Waals surface area contributed by atoms with Crippen LogP contribution in [0.4, 0.5) is 4.79 Å². The molecule has 2 aliphatic rings. The summed E-state index contributed by atoms with van der Waals surface area (Å²) in [6.45, 7) is 2.22. The number of esters is 1. The van der Waals surface area contributed by atoms with E-state index < -0.39 is 17.1 Å². The minimum atomic E-state index is -0.515. The largest absolute Gasteiger partial charge is 0.490 e. The number of amides is 2. The molecule has 2 heterocycles. The second-order valence-electron chi connectivity index (χ2n) is 9.12. The number of hydrogen-bond acceptors (Lipinski definition) is 8. The lowest BCUT2D eigenvalue weighted by Gasteiger charge is -2.14. The third-order valence-corrected chi connectivity index (χ3v) is 7.78. The Morgan fingerprint density at radius 2 is 1.78 bits per heavy atom. The number of rotatable bonds is 7. The Morgan fingerprint density at radius 1 is 1.00 bits per heavy atom. The van der Waals surface area contributed by atoms with E-state index in [-0.39, 0.29) is 24.0 Å². The van der Waals surface area contributed by atoms with Crippen LogP contribution >= 0.6 is 23.4 Å². The summed E-state index contributed by atoms with van der Waals surface area (Å²) >= 11 is 7.19. The predicted molar refractivity (Wildman–Crippen MR) is 156 cm³/mol. The predicted octanol–water partition coefficient (Wildman–Crippen LogP) is 7.08. The normalized spacial score (nSPS) is 15.2. The van der Waals surface area contributed by atoms with Crippen LogP contribution in [0.3, 0.4) is 0 Å². The van der Waals surface area contributed by atoms with E-state index in [4.69, 9.17) is 30.5 Å². The number of imide groups is 1. The molecule has 206 valence electrons. The Hall–Kier alpha value is -4.47. The van der Waals surface area contributed by atoms with Crippen LogP contribution in [0.25, 0.3) is 16.8 Å². The van der Waals surface area contributed by atoms with E-state index in [2.05, 4.69) is 0 Å². The van der Waals surface area contributed by atoms with Gasteiger partial charge in [-0.1, -0.05) is 54.1 Å². The molecule has 41 heavy (non-hydrogen) atoms. The molecular weight excluding hydrogens is 566 g/mol. The van der Waals surface area contributed by atoms with Crippen molar-refractivity contribution < 1.29 is 33.3 Å². The second kappa shape index (κ2) is 11.2. The average Bonchev–Trinajstić information content (AvgIpc) is 3.53. The van der Waals surface area contributed by atoms with Gasteiger partial charge in [0.05, 0.1) is 23.6 Å². The number of hydrogen-bond donors (Lipinski definition) is 0. The van der Waals surface area contributed by atoms with Crippen molar-refractivity contribution in [2.24, 2.45) is 0 Å². The minimum Gasteiger partial charge on any atom is -0.490 e. The fourth-order valence-corrected chi connectivity index (χ4v) is 5.62. The number of ether oxygens (including phenoxy) is 4. The maximum absolute atomic E-state index is 13.2. The van der Waals surface area contributed by atoms with Gasteiger partial charge in [-0.3, -0.25) is 14.5 Å². The molecule has 0 atom stereocenters. The molecule has 4 aromatic carbocycles. The Labute approximate surface area is 244 Å². The Bertz CT molecular complexity index is 1750. The number of carbonyl (C=O) groups excluding carboxylic acids is 3. The lowest BCUT2D eigenvalue weighted by atomic mass is 10.0. The van der Waals surface area contributed by atoms with Crippen LogP contribution in [0.15, 0.2) is 77.7 Å². The van der Waals surface area contributed by atoms with Gasteiger partial charge in [0.25, 0.3) is 11.1 Å². The summed E-state index contributed by atoms with van der Waals surface area (Å²) in [6, 6.07) is 21.3. The summed E-state index contributed by atoms with van der Waals surface area (Å²) in [5.74, 6) is 0.645. The summed E-state index contributed by atoms with van der Waals surface area (Å²) in [6.07, 6.45) is 1.60. The van der Waals surface area contributed by atoms with Crippen LogP contribution in [-0.4, -0.2) is 35.4 Å². The Kier molecular flexibility index (Phi) is 7.30. The number of halogens is 1. The SMILES string of the molecule is CCOc1cc(/C=C2\SC(=O)N(Cc3cc4c(cc3Cl)OCO4)C2=O)ccc1OC(=O)c1cccc2ccccc12. The molecule has 10 heteroatoms. The summed E-state index contributed by atoms with van der Waals surface area (Å²) in [7, 11) is 0. The van der Waals surface area contributed by atoms with Gasteiger partial charge in [0.2, 0.25) is 6.79 Å². The highest BCUT2D eigenvalue weighted by Crippen LogP contribution is 2.40. The van der Waals surface area contributed by atoms with Crippen LogP contribution in [-0.2, 0) is 11.3 Å². The summed E-state index contributed by atoms with van der Waals surface area (Å²) in [5.41, 5.74) is 1.60. The van der Waals surface area contributed by atoms with Gasteiger partial charge in [-0.05, 0) is 70.9 Å². The molecule has 0 N–H and O–H groups in total. The lowest BCUT2D eigenvalue weighted by molar-refractivity contribution is -0.123. The van der Waals surface area contributed by atoms with Crippen molar-refractivity contribution in [3.8, 4) is 23.0 Å². The summed E-state index contributed by atoms with van der Waals surface area (Å²) in [5, 5.41) is 1.66. The molecule has 6 rings (SSSR count). The van der Waals surface area contributed by atoms with Gasteiger partial charge < -0.3 is 18.9 Å². The third-order valence-electron chi connectivity index (χ3n) is 6.52. The number of thioether (sulfide) groups is 1.